The van der Waals surface area contributed by atoms with Gasteiger partial charge >= 0.3 is 5.97 Å². The lowest BCUT2D eigenvalue weighted by molar-refractivity contribution is 0.0523. The normalized spacial score (nSPS) is 11.0. The van der Waals surface area contributed by atoms with Crippen LogP contribution < -0.4 is 14.2 Å². The second kappa shape index (κ2) is 8.47. The molecule has 3 aromatic rings. The Morgan fingerprint density at radius 1 is 1.04 bits per heavy atom. The monoisotopic (exact) mass is 382 g/mol. The number of methoxy groups -OCH3 is 3. The minimum absolute atomic E-state index is 0.289. The molecule has 7 heteroatoms. The van der Waals surface area contributed by atoms with E-state index in [9.17, 15) is 4.79 Å². The summed E-state index contributed by atoms with van der Waals surface area (Å²) in [5, 5.41) is 7.99. The Hall–Kier alpha value is -3.48. The van der Waals surface area contributed by atoms with Crippen molar-refractivity contribution in [1.29, 1.82) is 0 Å². The average Bonchev–Trinajstić information content (AvgIpc) is 3.14. The van der Waals surface area contributed by atoms with Gasteiger partial charge in [0.1, 0.15) is 11.3 Å². The van der Waals surface area contributed by atoms with Gasteiger partial charge in [-0.2, -0.15) is 5.10 Å². The van der Waals surface area contributed by atoms with E-state index in [1.807, 2.05) is 30.4 Å². The van der Waals surface area contributed by atoms with Gasteiger partial charge in [0.2, 0.25) is 0 Å². The van der Waals surface area contributed by atoms with Crippen molar-refractivity contribution in [3.8, 4) is 17.2 Å². The number of fused-ring (bicyclic) bond motifs is 1. The van der Waals surface area contributed by atoms with Gasteiger partial charge in [0.25, 0.3) is 0 Å². The van der Waals surface area contributed by atoms with Crippen molar-refractivity contribution in [3.63, 3.8) is 0 Å². The third-order valence-corrected chi connectivity index (χ3v) is 4.25. The summed E-state index contributed by atoms with van der Waals surface area (Å²) in [7, 11) is 4.71. The summed E-state index contributed by atoms with van der Waals surface area (Å²) in [6, 6.07) is 9.03. The van der Waals surface area contributed by atoms with Crippen LogP contribution >= 0.6 is 0 Å². The van der Waals surface area contributed by atoms with E-state index in [-0.39, 0.29) is 6.61 Å². The fourth-order valence-corrected chi connectivity index (χ4v) is 2.94. The Balaban J connectivity index is 2.03. The standard InChI is InChI=1S/C21H22N2O5/c1-5-28-21(24)14-8-10-16-19(20(14)27-4)15(22-23-16)9-6-13-7-11-17(25-2)18(12-13)26-3/h6-12H,5H2,1-4H3,(H,22,23)/b9-6+. The number of benzene rings is 2. The molecule has 0 aliphatic rings. The highest BCUT2D eigenvalue weighted by Gasteiger charge is 2.19. The number of ether oxygens (including phenoxy) is 4. The lowest BCUT2D eigenvalue weighted by atomic mass is 10.1. The van der Waals surface area contributed by atoms with E-state index >= 15 is 0 Å². The molecule has 0 saturated carbocycles. The Morgan fingerprint density at radius 3 is 2.50 bits per heavy atom. The van der Waals surface area contributed by atoms with Crippen LogP contribution in [0.3, 0.4) is 0 Å². The Bertz CT molecular complexity index is 1020. The summed E-state index contributed by atoms with van der Waals surface area (Å²) in [4.78, 5) is 12.2. The molecule has 0 unspecified atom stereocenters. The van der Waals surface area contributed by atoms with Gasteiger partial charge in [-0.3, -0.25) is 5.10 Å². The predicted octanol–water partition coefficient (Wildman–Crippen LogP) is 3.94. The lowest BCUT2D eigenvalue weighted by Gasteiger charge is -2.09. The zero-order valence-electron chi connectivity index (χ0n) is 16.2. The third-order valence-electron chi connectivity index (χ3n) is 4.25. The Labute approximate surface area is 162 Å². The number of nitrogens with zero attached hydrogens (tertiary/aromatic N) is 1. The molecular formula is C21H22N2O5. The molecule has 1 N–H and O–H groups in total. The Morgan fingerprint density at radius 2 is 1.82 bits per heavy atom. The average molecular weight is 382 g/mol. The van der Waals surface area contributed by atoms with E-state index in [2.05, 4.69) is 10.2 Å². The predicted molar refractivity (Wildman–Crippen MR) is 107 cm³/mol. The first-order valence-corrected chi connectivity index (χ1v) is 8.75. The summed E-state index contributed by atoms with van der Waals surface area (Å²) < 4.78 is 21.2. The minimum atomic E-state index is -0.433. The molecule has 1 heterocycles. The van der Waals surface area contributed by atoms with Crippen LogP contribution in [0, 0.1) is 0 Å². The van der Waals surface area contributed by atoms with Gasteiger partial charge in [0, 0.05) is 0 Å². The topological polar surface area (TPSA) is 82.7 Å². The van der Waals surface area contributed by atoms with Crippen molar-refractivity contribution in [2.24, 2.45) is 0 Å². The summed E-state index contributed by atoms with van der Waals surface area (Å²) in [5.41, 5.74) is 2.68. The number of aromatic nitrogens is 2. The molecule has 7 nitrogen and oxygen atoms in total. The fourth-order valence-electron chi connectivity index (χ4n) is 2.94. The van der Waals surface area contributed by atoms with Gasteiger partial charge < -0.3 is 18.9 Å². The quantitative estimate of drug-likeness (QED) is 0.624. The molecule has 0 aliphatic heterocycles. The van der Waals surface area contributed by atoms with Crippen LogP contribution in [0.2, 0.25) is 0 Å². The van der Waals surface area contributed by atoms with Gasteiger partial charge in [-0.05, 0) is 42.8 Å². The van der Waals surface area contributed by atoms with Crippen molar-refractivity contribution in [1.82, 2.24) is 10.2 Å². The molecule has 0 saturated heterocycles. The maximum absolute atomic E-state index is 12.2. The fraction of sp³-hybridized carbons (Fsp3) is 0.238. The minimum Gasteiger partial charge on any atom is -0.495 e. The first-order valence-electron chi connectivity index (χ1n) is 8.75. The molecule has 0 spiro atoms. The number of rotatable bonds is 7. The summed E-state index contributed by atoms with van der Waals surface area (Å²) in [6.07, 6.45) is 3.78. The Kier molecular flexibility index (Phi) is 5.84. The van der Waals surface area contributed by atoms with E-state index in [0.29, 0.717) is 39.4 Å². The second-order valence-corrected chi connectivity index (χ2v) is 5.85. The zero-order valence-corrected chi connectivity index (χ0v) is 16.2. The van der Waals surface area contributed by atoms with Gasteiger partial charge in [-0.15, -0.1) is 0 Å². The molecule has 0 aliphatic carbocycles. The van der Waals surface area contributed by atoms with E-state index < -0.39 is 5.97 Å². The molecule has 1 aromatic heterocycles. The summed E-state index contributed by atoms with van der Waals surface area (Å²) in [6.45, 7) is 2.05. The number of carbonyl (C=O) groups excluding carboxylic acids is 1. The van der Waals surface area contributed by atoms with Gasteiger partial charge in [-0.25, -0.2) is 4.79 Å². The number of nitrogens with one attached hydrogen (secondary N) is 1. The lowest BCUT2D eigenvalue weighted by Crippen LogP contribution is -2.07. The highest BCUT2D eigenvalue weighted by atomic mass is 16.5. The number of carbonyl (C=O) groups is 1. The number of aromatic amines is 1. The maximum Gasteiger partial charge on any atom is 0.341 e. The molecule has 3 rings (SSSR count). The molecule has 0 atom stereocenters. The molecule has 2 aromatic carbocycles. The van der Waals surface area contributed by atoms with E-state index in [1.165, 1.54) is 7.11 Å². The first-order chi connectivity index (χ1) is 13.6. The van der Waals surface area contributed by atoms with Gasteiger partial charge in [0.15, 0.2) is 11.5 Å². The zero-order chi connectivity index (χ0) is 20.1. The smallest absolute Gasteiger partial charge is 0.341 e. The third kappa shape index (κ3) is 3.64. The van der Waals surface area contributed by atoms with Crippen molar-refractivity contribution in [2.75, 3.05) is 27.9 Å². The molecule has 146 valence electrons. The highest BCUT2D eigenvalue weighted by Crippen LogP contribution is 2.33. The van der Waals surface area contributed by atoms with Gasteiger partial charge in [-0.1, -0.05) is 12.1 Å². The molecule has 0 radical (unpaired) electrons. The maximum atomic E-state index is 12.2. The second-order valence-electron chi connectivity index (χ2n) is 5.85. The first kappa shape index (κ1) is 19.3. The van der Waals surface area contributed by atoms with E-state index in [4.69, 9.17) is 18.9 Å². The molecule has 0 bridgehead atoms. The SMILES string of the molecule is CCOC(=O)c1ccc2n[nH]c(/C=C/c3ccc(OC)c(OC)c3)c2c1OC. The van der Waals surface area contributed by atoms with E-state index in [1.54, 1.807) is 33.3 Å². The van der Waals surface area contributed by atoms with Crippen LogP contribution in [0.5, 0.6) is 17.2 Å². The number of hydrogen-bond acceptors (Lipinski definition) is 6. The van der Waals surface area contributed by atoms with Crippen LogP contribution in [0.25, 0.3) is 23.1 Å². The summed E-state index contributed by atoms with van der Waals surface area (Å²) in [5.74, 6) is 1.29. The van der Waals surface area contributed by atoms with Crippen molar-refractivity contribution in [2.45, 2.75) is 6.92 Å². The van der Waals surface area contributed by atoms with Crippen molar-refractivity contribution < 1.29 is 23.7 Å². The number of esters is 1. The van der Waals surface area contributed by atoms with Gasteiger partial charge in [0.05, 0.1) is 44.5 Å². The molecule has 0 amide bonds. The van der Waals surface area contributed by atoms with Crippen molar-refractivity contribution in [3.05, 3.63) is 47.2 Å². The van der Waals surface area contributed by atoms with Crippen LogP contribution in [0.4, 0.5) is 0 Å². The van der Waals surface area contributed by atoms with Crippen LogP contribution in [0.15, 0.2) is 30.3 Å². The largest absolute Gasteiger partial charge is 0.495 e. The number of hydrogen-bond donors (Lipinski definition) is 1. The van der Waals surface area contributed by atoms with Crippen LogP contribution in [0.1, 0.15) is 28.5 Å². The summed E-state index contributed by atoms with van der Waals surface area (Å²) >= 11 is 0. The van der Waals surface area contributed by atoms with Crippen LogP contribution in [-0.4, -0.2) is 44.1 Å². The molecule has 0 fully saturated rings. The highest BCUT2D eigenvalue weighted by molar-refractivity contribution is 6.03. The van der Waals surface area contributed by atoms with E-state index in [0.717, 1.165) is 5.56 Å². The number of H-pyrrole nitrogens is 1. The van der Waals surface area contributed by atoms with Crippen molar-refractivity contribution >= 4 is 29.0 Å². The molecular weight excluding hydrogens is 360 g/mol. The van der Waals surface area contributed by atoms with Crippen LogP contribution in [-0.2, 0) is 4.74 Å². The molecule has 28 heavy (non-hydrogen) atoms.